The van der Waals surface area contributed by atoms with Gasteiger partial charge in [0.15, 0.2) is 0 Å². The smallest absolute Gasteiger partial charge is 0.0600 e. The molecule has 3 rings (SSSR count). The number of rotatable bonds is 2. The molecule has 4 atom stereocenters. The fourth-order valence-electron chi connectivity index (χ4n) is 4.46. The van der Waals surface area contributed by atoms with Gasteiger partial charge in [-0.05, 0) is 68.9 Å². The van der Waals surface area contributed by atoms with Crippen molar-refractivity contribution in [2.45, 2.75) is 71.0 Å². The fourth-order valence-corrected chi connectivity index (χ4v) is 4.46. The van der Waals surface area contributed by atoms with Gasteiger partial charge in [-0.3, -0.25) is 0 Å². The zero-order chi connectivity index (χ0) is 15.0. The van der Waals surface area contributed by atoms with Crippen LogP contribution < -0.4 is 0 Å². The lowest BCUT2D eigenvalue weighted by Crippen LogP contribution is -2.35. The van der Waals surface area contributed by atoms with E-state index in [0.29, 0.717) is 5.92 Å². The van der Waals surface area contributed by atoms with Gasteiger partial charge in [-0.15, -0.1) is 0 Å². The number of hydrogen-bond acceptors (Lipinski definition) is 2. The molecule has 2 nitrogen and oxygen atoms in total. The summed E-state index contributed by atoms with van der Waals surface area (Å²) in [6, 6.07) is 0. The van der Waals surface area contributed by atoms with Crippen molar-refractivity contribution in [3.05, 3.63) is 34.9 Å². The predicted molar refractivity (Wildman–Crippen MR) is 85.9 cm³/mol. The molecule has 0 bridgehead atoms. The molecule has 116 valence electrons. The van der Waals surface area contributed by atoms with Gasteiger partial charge in [-0.2, -0.15) is 0 Å². The van der Waals surface area contributed by atoms with E-state index in [2.05, 4.69) is 32.1 Å². The van der Waals surface area contributed by atoms with Crippen molar-refractivity contribution >= 4 is 0 Å². The van der Waals surface area contributed by atoms with Gasteiger partial charge >= 0.3 is 0 Å². The summed E-state index contributed by atoms with van der Waals surface area (Å²) >= 11 is 0. The predicted octanol–water partition coefficient (Wildman–Crippen LogP) is 3.90. The maximum absolute atomic E-state index is 10.3. The number of hydrogen-bond donors (Lipinski definition) is 2. The summed E-state index contributed by atoms with van der Waals surface area (Å²) in [5, 5.41) is 20.1. The molecule has 0 unspecified atom stereocenters. The molecule has 1 saturated carbocycles. The van der Waals surface area contributed by atoms with Crippen LogP contribution in [0.2, 0.25) is 0 Å². The molecule has 0 saturated heterocycles. The van der Waals surface area contributed by atoms with Crippen molar-refractivity contribution < 1.29 is 10.2 Å². The minimum absolute atomic E-state index is 0.0733. The van der Waals surface area contributed by atoms with E-state index < -0.39 is 0 Å². The van der Waals surface area contributed by atoms with Crippen LogP contribution in [0.15, 0.2) is 34.9 Å². The first kappa shape index (κ1) is 15.1. The molecule has 0 heterocycles. The Bertz CT molecular complexity index is 500. The summed E-state index contributed by atoms with van der Waals surface area (Å²) in [6.07, 6.45) is 13.5. The largest absolute Gasteiger partial charge is 0.393 e. The van der Waals surface area contributed by atoms with Crippen LogP contribution in [0, 0.1) is 11.3 Å². The Kier molecular flexibility index (Phi) is 4.11. The second-order valence-electron chi connectivity index (χ2n) is 7.43. The second-order valence-corrected chi connectivity index (χ2v) is 7.43. The highest BCUT2D eigenvalue weighted by molar-refractivity contribution is 5.36. The minimum atomic E-state index is -0.174. The number of allylic oxidation sites excluding steroid dienone is 5. The summed E-state index contributed by atoms with van der Waals surface area (Å²) in [6.45, 7) is 4.44. The highest BCUT2D eigenvalue weighted by atomic mass is 16.3. The third kappa shape index (κ3) is 2.76. The zero-order valence-corrected chi connectivity index (χ0v) is 13.3. The van der Waals surface area contributed by atoms with E-state index in [1.165, 1.54) is 16.7 Å². The van der Waals surface area contributed by atoms with Crippen LogP contribution in [-0.2, 0) is 0 Å². The van der Waals surface area contributed by atoms with E-state index in [1.54, 1.807) is 0 Å². The Morgan fingerprint density at radius 3 is 2.81 bits per heavy atom. The van der Waals surface area contributed by atoms with Crippen LogP contribution in [0.25, 0.3) is 0 Å². The molecule has 0 aromatic heterocycles. The fraction of sp³-hybridized carbons (Fsp3) is 0.684. The number of aliphatic hydroxyl groups excluding tert-OH is 2. The highest BCUT2D eigenvalue weighted by Gasteiger charge is 2.47. The Balaban J connectivity index is 1.79. The molecule has 1 fully saturated rings. The molecule has 2 heteroatoms. The molecule has 0 amide bonds. The van der Waals surface area contributed by atoms with E-state index in [9.17, 15) is 10.2 Å². The first-order valence-corrected chi connectivity index (χ1v) is 8.43. The van der Waals surface area contributed by atoms with Gasteiger partial charge < -0.3 is 10.2 Å². The first-order chi connectivity index (χ1) is 10.0. The quantitative estimate of drug-likeness (QED) is 0.809. The van der Waals surface area contributed by atoms with Gasteiger partial charge in [-0.25, -0.2) is 0 Å². The average Bonchev–Trinajstić information content (AvgIpc) is 2.76. The molecule has 3 aliphatic rings. The molecule has 2 N–H and O–H groups in total. The number of aliphatic hydroxyl groups is 2. The van der Waals surface area contributed by atoms with Crippen LogP contribution in [0.1, 0.15) is 58.8 Å². The summed E-state index contributed by atoms with van der Waals surface area (Å²) in [7, 11) is 0. The lowest BCUT2D eigenvalue weighted by Gasteiger charge is -2.38. The number of fused-ring (bicyclic) bond motifs is 1. The summed E-state index contributed by atoms with van der Waals surface area (Å²) in [5.41, 5.74) is 4.20. The summed E-state index contributed by atoms with van der Waals surface area (Å²) in [5.74, 6) is 0.506. The third-order valence-electron chi connectivity index (χ3n) is 6.08. The Morgan fingerprint density at radius 2 is 2.00 bits per heavy atom. The van der Waals surface area contributed by atoms with E-state index >= 15 is 0 Å². The zero-order valence-electron chi connectivity index (χ0n) is 13.3. The molecule has 21 heavy (non-hydrogen) atoms. The molecule has 3 aliphatic carbocycles. The monoisotopic (exact) mass is 288 g/mol. The van der Waals surface area contributed by atoms with Crippen molar-refractivity contribution in [3.63, 3.8) is 0 Å². The third-order valence-corrected chi connectivity index (χ3v) is 6.08. The van der Waals surface area contributed by atoms with Gasteiger partial charge in [0, 0.05) is 5.41 Å². The van der Waals surface area contributed by atoms with Crippen LogP contribution in [0.4, 0.5) is 0 Å². The van der Waals surface area contributed by atoms with Gasteiger partial charge in [0.25, 0.3) is 0 Å². The van der Waals surface area contributed by atoms with Crippen molar-refractivity contribution in [1.82, 2.24) is 0 Å². The SMILES string of the molecule is CC1=C(C=CC2=CCC[C@]3(C)[C@H](O)CC[C@@H]23)C[C@@H](O)CC1. The summed E-state index contributed by atoms with van der Waals surface area (Å²) < 4.78 is 0. The van der Waals surface area contributed by atoms with Gasteiger partial charge in [0.1, 0.15) is 0 Å². The molecule has 0 aromatic carbocycles. The standard InChI is InChI=1S/C19H28O2/c1-13-5-8-16(20)12-15(13)7-6-14-4-3-11-19(2)17(14)9-10-18(19)21/h4,6-7,16-18,20-21H,3,5,8-12H2,1-2H3/t16-,17-,18+,19-/m0/s1. The molecular formula is C19H28O2. The van der Waals surface area contributed by atoms with E-state index in [1.807, 2.05) is 0 Å². The molecular weight excluding hydrogens is 260 g/mol. The van der Waals surface area contributed by atoms with Crippen molar-refractivity contribution in [2.24, 2.45) is 11.3 Å². The van der Waals surface area contributed by atoms with Crippen LogP contribution >= 0.6 is 0 Å². The average molecular weight is 288 g/mol. The van der Waals surface area contributed by atoms with Crippen molar-refractivity contribution in [1.29, 1.82) is 0 Å². The van der Waals surface area contributed by atoms with Crippen LogP contribution in [0.5, 0.6) is 0 Å². The first-order valence-electron chi connectivity index (χ1n) is 8.43. The van der Waals surface area contributed by atoms with Gasteiger partial charge in [0.2, 0.25) is 0 Å². The Labute approximate surface area is 128 Å². The molecule has 0 aromatic rings. The normalized spacial score (nSPS) is 40.6. The van der Waals surface area contributed by atoms with Crippen molar-refractivity contribution in [3.8, 4) is 0 Å². The van der Waals surface area contributed by atoms with E-state index in [4.69, 9.17) is 0 Å². The lowest BCUT2D eigenvalue weighted by molar-refractivity contribution is 0.0386. The van der Waals surface area contributed by atoms with Crippen LogP contribution in [0.3, 0.4) is 0 Å². The molecule has 0 aliphatic heterocycles. The van der Waals surface area contributed by atoms with E-state index in [0.717, 1.165) is 44.9 Å². The highest BCUT2D eigenvalue weighted by Crippen LogP contribution is 2.52. The van der Waals surface area contributed by atoms with Crippen molar-refractivity contribution in [2.75, 3.05) is 0 Å². The molecule has 0 radical (unpaired) electrons. The summed E-state index contributed by atoms with van der Waals surface area (Å²) in [4.78, 5) is 0. The van der Waals surface area contributed by atoms with Gasteiger partial charge in [-0.1, -0.05) is 30.7 Å². The maximum Gasteiger partial charge on any atom is 0.0600 e. The molecule has 0 spiro atoms. The topological polar surface area (TPSA) is 40.5 Å². The maximum atomic E-state index is 10.3. The second kappa shape index (κ2) is 5.73. The minimum Gasteiger partial charge on any atom is -0.393 e. The van der Waals surface area contributed by atoms with Gasteiger partial charge in [0.05, 0.1) is 12.2 Å². The Hall–Kier alpha value is -0.860. The lowest BCUT2D eigenvalue weighted by atomic mass is 9.68. The van der Waals surface area contributed by atoms with E-state index in [-0.39, 0.29) is 17.6 Å². The Morgan fingerprint density at radius 1 is 1.19 bits per heavy atom. The van der Waals surface area contributed by atoms with Crippen LogP contribution in [-0.4, -0.2) is 22.4 Å².